The molecule has 0 radical (unpaired) electrons. The number of hydrazine groups is 1. The van der Waals surface area contributed by atoms with E-state index in [4.69, 9.17) is 5.26 Å². The Morgan fingerprint density at radius 3 is 2.52 bits per heavy atom. The van der Waals surface area contributed by atoms with Crippen LogP contribution in [0.3, 0.4) is 0 Å². The van der Waals surface area contributed by atoms with Crippen LogP contribution in [0.15, 0.2) is 66.7 Å². The number of amides is 2. The van der Waals surface area contributed by atoms with E-state index < -0.39 is 5.91 Å². The van der Waals surface area contributed by atoms with Gasteiger partial charge in [-0.2, -0.15) is 5.26 Å². The SMILES string of the molecule is N#Cc1cccc(C(=O)NNC(=O)Cc2cccc3ccccc23)c1. The normalized spacial score (nSPS) is 10.0. The highest BCUT2D eigenvalue weighted by Crippen LogP contribution is 2.18. The van der Waals surface area contributed by atoms with E-state index in [1.54, 1.807) is 18.2 Å². The van der Waals surface area contributed by atoms with Gasteiger partial charge in [0.05, 0.1) is 18.1 Å². The molecule has 0 aliphatic carbocycles. The van der Waals surface area contributed by atoms with E-state index >= 15 is 0 Å². The van der Waals surface area contributed by atoms with Crippen LogP contribution in [0.25, 0.3) is 10.8 Å². The standard InChI is InChI=1S/C20H15N3O2/c21-13-14-5-3-9-17(11-14)20(25)23-22-19(24)12-16-8-4-7-15-6-1-2-10-18(15)16/h1-11H,12H2,(H,22,24)(H,23,25). The second kappa shape index (κ2) is 7.28. The van der Waals surface area contributed by atoms with Crippen molar-refractivity contribution in [2.45, 2.75) is 6.42 Å². The lowest BCUT2D eigenvalue weighted by molar-refractivity contribution is -0.121. The van der Waals surface area contributed by atoms with Crippen LogP contribution in [-0.4, -0.2) is 11.8 Å². The van der Waals surface area contributed by atoms with Gasteiger partial charge < -0.3 is 0 Å². The van der Waals surface area contributed by atoms with Crippen molar-refractivity contribution in [2.24, 2.45) is 0 Å². The maximum absolute atomic E-state index is 12.1. The van der Waals surface area contributed by atoms with Gasteiger partial charge in [0.15, 0.2) is 0 Å². The van der Waals surface area contributed by atoms with E-state index in [1.807, 2.05) is 48.5 Å². The molecule has 0 aromatic heterocycles. The van der Waals surface area contributed by atoms with Crippen LogP contribution < -0.4 is 10.9 Å². The number of nitriles is 1. The first-order valence-corrected chi connectivity index (χ1v) is 7.73. The molecule has 0 saturated heterocycles. The van der Waals surface area contributed by atoms with Gasteiger partial charge in [-0.25, -0.2) is 0 Å². The van der Waals surface area contributed by atoms with Gasteiger partial charge >= 0.3 is 0 Å². The second-order valence-electron chi connectivity index (χ2n) is 5.51. The van der Waals surface area contributed by atoms with Crippen LogP contribution in [-0.2, 0) is 11.2 Å². The van der Waals surface area contributed by atoms with E-state index in [0.29, 0.717) is 11.1 Å². The Balaban J connectivity index is 1.64. The fourth-order valence-corrected chi connectivity index (χ4v) is 2.59. The number of fused-ring (bicyclic) bond motifs is 1. The van der Waals surface area contributed by atoms with Gasteiger partial charge in [-0.05, 0) is 34.5 Å². The number of carbonyl (C=O) groups excluding carboxylic acids is 2. The molecule has 3 aromatic rings. The number of carbonyl (C=O) groups is 2. The first-order chi connectivity index (χ1) is 12.2. The summed E-state index contributed by atoms with van der Waals surface area (Å²) >= 11 is 0. The fraction of sp³-hybridized carbons (Fsp3) is 0.0500. The molecular formula is C20H15N3O2. The Kier molecular flexibility index (Phi) is 4.72. The molecule has 0 aliphatic rings. The van der Waals surface area contributed by atoms with Gasteiger partial charge in [0, 0.05) is 5.56 Å². The molecule has 0 bridgehead atoms. The van der Waals surface area contributed by atoms with Crippen molar-refractivity contribution in [2.75, 3.05) is 0 Å². The van der Waals surface area contributed by atoms with Crippen LogP contribution in [0.5, 0.6) is 0 Å². The molecule has 0 fully saturated rings. The quantitative estimate of drug-likeness (QED) is 0.725. The highest BCUT2D eigenvalue weighted by molar-refractivity contribution is 5.96. The summed E-state index contributed by atoms with van der Waals surface area (Å²) < 4.78 is 0. The number of nitrogens with one attached hydrogen (secondary N) is 2. The Morgan fingerprint density at radius 1 is 0.920 bits per heavy atom. The van der Waals surface area contributed by atoms with Crippen molar-refractivity contribution < 1.29 is 9.59 Å². The summed E-state index contributed by atoms with van der Waals surface area (Å²) in [5, 5.41) is 10.9. The van der Waals surface area contributed by atoms with Crippen LogP contribution in [0.4, 0.5) is 0 Å². The van der Waals surface area contributed by atoms with E-state index in [-0.39, 0.29) is 12.3 Å². The maximum Gasteiger partial charge on any atom is 0.269 e. The van der Waals surface area contributed by atoms with Crippen molar-refractivity contribution in [3.05, 3.63) is 83.4 Å². The van der Waals surface area contributed by atoms with Crippen LogP contribution in [0, 0.1) is 11.3 Å². The van der Waals surface area contributed by atoms with Crippen molar-refractivity contribution in [3.8, 4) is 6.07 Å². The lowest BCUT2D eigenvalue weighted by atomic mass is 10.0. The molecule has 5 nitrogen and oxygen atoms in total. The molecule has 0 unspecified atom stereocenters. The fourth-order valence-electron chi connectivity index (χ4n) is 2.59. The molecular weight excluding hydrogens is 314 g/mol. The minimum absolute atomic E-state index is 0.153. The van der Waals surface area contributed by atoms with Crippen LogP contribution in [0.2, 0.25) is 0 Å². The number of rotatable bonds is 3. The molecule has 0 aliphatic heterocycles. The zero-order valence-electron chi connectivity index (χ0n) is 13.3. The van der Waals surface area contributed by atoms with Crippen molar-refractivity contribution in [3.63, 3.8) is 0 Å². The number of benzene rings is 3. The van der Waals surface area contributed by atoms with Crippen LogP contribution >= 0.6 is 0 Å². The molecule has 3 rings (SSSR count). The average Bonchev–Trinajstić information content (AvgIpc) is 2.66. The minimum atomic E-state index is -0.469. The average molecular weight is 329 g/mol. The van der Waals surface area contributed by atoms with Gasteiger partial charge in [0.25, 0.3) is 5.91 Å². The predicted molar refractivity (Wildman–Crippen MR) is 94.4 cm³/mol. The second-order valence-corrected chi connectivity index (χ2v) is 5.51. The summed E-state index contributed by atoms with van der Waals surface area (Å²) in [5.41, 5.74) is 6.36. The summed E-state index contributed by atoms with van der Waals surface area (Å²) in [7, 11) is 0. The largest absolute Gasteiger partial charge is 0.273 e. The molecule has 0 spiro atoms. The van der Waals surface area contributed by atoms with Gasteiger partial charge in [0.1, 0.15) is 0 Å². The van der Waals surface area contributed by atoms with Crippen LogP contribution in [0.1, 0.15) is 21.5 Å². The molecule has 2 N–H and O–H groups in total. The zero-order chi connectivity index (χ0) is 17.6. The molecule has 3 aromatic carbocycles. The minimum Gasteiger partial charge on any atom is -0.273 e. The van der Waals surface area contributed by atoms with Gasteiger partial charge in [-0.15, -0.1) is 0 Å². The lowest BCUT2D eigenvalue weighted by Crippen LogP contribution is -2.42. The predicted octanol–water partition coefficient (Wildman–Crippen LogP) is 2.72. The van der Waals surface area contributed by atoms with Crippen molar-refractivity contribution in [1.29, 1.82) is 5.26 Å². The Hall–Kier alpha value is -3.65. The van der Waals surface area contributed by atoms with Gasteiger partial charge in [0.2, 0.25) is 5.91 Å². The third-order valence-corrected chi connectivity index (χ3v) is 3.80. The number of hydrogen-bond donors (Lipinski definition) is 2. The Bertz CT molecular complexity index is 984. The van der Waals surface area contributed by atoms with E-state index in [2.05, 4.69) is 10.9 Å². The molecule has 5 heteroatoms. The maximum atomic E-state index is 12.1. The smallest absolute Gasteiger partial charge is 0.269 e. The van der Waals surface area contributed by atoms with E-state index in [9.17, 15) is 9.59 Å². The Morgan fingerprint density at radius 2 is 1.68 bits per heavy atom. The summed E-state index contributed by atoms with van der Waals surface area (Å²) in [6.45, 7) is 0. The third kappa shape index (κ3) is 3.82. The summed E-state index contributed by atoms with van der Waals surface area (Å²) in [4.78, 5) is 24.2. The number of hydrogen-bond acceptors (Lipinski definition) is 3. The van der Waals surface area contributed by atoms with Gasteiger partial charge in [-0.3, -0.25) is 20.4 Å². The molecule has 0 saturated carbocycles. The van der Waals surface area contributed by atoms with E-state index in [1.165, 1.54) is 6.07 Å². The summed E-state index contributed by atoms with van der Waals surface area (Å²) in [6, 6.07) is 21.8. The third-order valence-electron chi connectivity index (χ3n) is 3.80. The van der Waals surface area contributed by atoms with E-state index in [0.717, 1.165) is 16.3 Å². The zero-order valence-corrected chi connectivity index (χ0v) is 13.3. The van der Waals surface area contributed by atoms with Crippen molar-refractivity contribution in [1.82, 2.24) is 10.9 Å². The molecule has 0 atom stereocenters. The molecule has 0 heterocycles. The first kappa shape index (κ1) is 16.2. The molecule has 25 heavy (non-hydrogen) atoms. The first-order valence-electron chi connectivity index (χ1n) is 7.73. The summed E-state index contributed by atoms with van der Waals surface area (Å²) in [6.07, 6.45) is 0.153. The molecule has 2 amide bonds. The highest BCUT2D eigenvalue weighted by Gasteiger charge is 2.10. The van der Waals surface area contributed by atoms with Gasteiger partial charge in [-0.1, -0.05) is 48.5 Å². The Labute approximate surface area is 144 Å². The topological polar surface area (TPSA) is 82.0 Å². The van der Waals surface area contributed by atoms with Crippen molar-refractivity contribution >= 4 is 22.6 Å². The lowest BCUT2D eigenvalue weighted by Gasteiger charge is -2.09. The summed E-state index contributed by atoms with van der Waals surface area (Å²) in [5.74, 6) is -0.787. The monoisotopic (exact) mass is 329 g/mol. The molecule has 122 valence electrons. The number of nitrogens with zero attached hydrogens (tertiary/aromatic N) is 1. The highest BCUT2D eigenvalue weighted by atomic mass is 16.2.